The molecule has 1 fully saturated rings. The van der Waals surface area contributed by atoms with Crippen molar-refractivity contribution >= 4 is 11.6 Å². The summed E-state index contributed by atoms with van der Waals surface area (Å²) >= 11 is 6.24. The lowest BCUT2D eigenvalue weighted by Crippen LogP contribution is -2.21. The predicted octanol–water partition coefficient (Wildman–Crippen LogP) is 2.46. The molecule has 4 nitrogen and oxygen atoms in total. The van der Waals surface area contributed by atoms with Crippen LogP contribution in [-0.2, 0) is 5.54 Å². The molecule has 0 atom stereocenters. The van der Waals surface area contributed by atoms with Gasteiger partial charge < -0.3 is 19.9 Å². The first-order chi connectivity index (χ1) is 8.65. The van der Waals surface area contributed by atoms with Gasteiger partial charge in [-0.15, -0.1) is 0 Å². The van der Waals surface area contributed by atoms with Crippen LogP contribution >= 0.6 is 11.6 Å². The van der Waals surface area contributed by atoms with E-state index in [0.29, 0.717) is 35.5 Å². The van der Waals surface area contributed by atoms with Crippen LogP contribution in [0.15, 0.2) is 6.07 Å². The van der Waals surface area contributed by atoms with Crippen molar-refractivity contribution in [2.24, 2.45) is 5.73 Å². The normalized spacial score (nSPS) is 20.2. The van der Waals surface area contributed by atoms with Crippen LogP contribution in [0.4, 0.5) is 0 Å². The van der Waals surface area contributed by atoms with E-state index in [0.717, 1.165) is 24.8 Å². The lowest BCUT2D eigenvalue weighted by atomic mass is 10.0. The minimum absolute atomic E-state index is 0.381. The summed E-state index contributed by atoms with van der Waals surface area (Å²) in [6.45, 7) is 1.26. The summed E-state index contributed by atoms with van der Waals surface area (Å²) in [5, 5.41) is 0.522. The fourth-order valence-corrected chi connectivity index (χ4v) is 2.56. The maximum absolute atomic E-state index is 6.31. The molecule has 98 valence electrons. The lowest BCUT2D eigenvalue weighted by Gasteiger charge is -2.21. The van der Waals surface area contributed by atoms with Crippen LogP contribution < -0.4 is 19.9 Å². The Bertz CT molecular complexity index is 486. The smallest absolute Gasteiger partial charge is 0.170 e. The SMILES string of the molecule is COc1c(Cl)cc2c(c1C1(N)CC1)OCCCO2. The van der Waals surface area contributed by atoms with Gasteiger partial charge in [0.05, 0.1) is 30.9 Å². The lowest BCUT2D eigenvalue weighted by molar-refractivity contribution is 0.294. The van der Waals surface area contributed by atoms with Crippen LogP contribution in [-0.4, -0.2) is 20.3 Å². The Labute approximate surface area is 111 Å². The van der Waals surface area contributed by atoms with E-state index in [1.807, 2.05) is 0 Å². The number of rotatable bonds is 2. The predicted molar refractivity (Wildman–Crippen MR) is 68.7 cm³/mol. The molecule has 3 rings (SSSR count). The highest BCUT2D eigenvalue weighted by molar-refractivity contribution is 6.32. The second-order valence-corrected chi connectivity index (χ2v) is 5.21. The van der Waals surface area contributed by atoms with Crippen molar-refractivity contribution in [3.63, 3.8) is 0 Å². The molecule has 1 aromatic rings. The highest BCUT2D eigenvalue weighted by Crippen LogP contribution is 2.55. The zero-order valence-electron chi connectivity index (χ0n) is 10.3. The molecule has 0 bridgehead atoms. The number of benzene rings is 1. The van der Waals surface area contributed by atoms with E-state index in [9.17, 15) is 0 Å². The molecule has 0 unspecified atom stereocenters. The zero-order valence-corrected chi connectivity index (χ0v) is 11.0. The van der Waals surface area contributed by atoms with Crippen molar-refractivity contribution in [2.45, 2.75) is 24.8 Å². The fraction of sp³-hybridized carbons (Fsp3) is 0.538. The van der Waals surface area contributed by atoms with E-state index < -0.39 is 0 Å². The largest absolute Gasteiger partial charge is 0.495 e. The Morgan fingerprint density at radius 3 is 2.72 bits per heavy atom. The van der Waals surface area contributed by atoms with Gasteiger partial charge in [-0.3, -0.25) is 0 Å². The van der Waals surface area contributed by atoms with Gasteiger partial charge in [0.1, 0.15) is 5.75 Å². The summed E-state index contributed by atoms with van der Waals surface area (Å²) in [4.78, 5) is 0. The van der Waals surface area contributed by atoms with Gasteiger partial charge in [-0.2, -0.15) is 0 Å². The first-order valence-electron chi connectivity index (χ1n) is 6.11. The third-order valence-electron chi connectivity index (χ3n) is 3.44. The summed E-state index contributed by atoms with van der Waals surface area (Å²) in [7, 11) is 1.60. The summed E-state index contributed by atoms with van der Waals surface area (Å²) in [5.41, 5.74) is 6.79. The maximum atomic E-state index is 6.31. The first-order valence-corrected chi connectivity index (χ1v) is 6.49. The third kappa shape index (κ3) is 1.80. The van der Waals surface area contributed by atoms with Crippen LogP contribution in [0.2, 0.25) is 5.02 Å². The van der Waals surface area contributed by atoms with Gasteiger partial charge in [0.25, 0.3) is 0 Å². The molecule has 5 heteroatoms. The molecule has 1 aliphatic heterocycles. The van der Waals surface area contributed by atoms with Gasteiger partial charge in [-0.25, -0.2) is 0 Å². The number of halogens is 1. The number of methoxy groups -OCH3 is 1. The Hall–Kier alpha value is -1.13. The van der Waals surface area contributed by atoms with Crippen LogP contribution in [0.3, 0.4) is 0 Å². The molecule has 0 spiro atoms. The van der Waals surface area contributed by atoms with Crippen molar-refractivity contribution in [3.8, 4) is 17.2 Å². The van der Waals surface area contributed by atoms with Gasteiger partial charge in [-0.1, -0.05) is 11.6 Å². The maximum Gasteiger partial charge on any atom is 0.170 e. The number of nitrogens with two attached hydrogens (primary N) is 1. The highest BCUT2D eigenvalue weighted by atomic mass is 35.5. The number of hydrogen-bond acceptors (Lipinski definition) is 4. The molecular weight excluding hydrogens is 254 g/mol. The molecule has 0 aromatic heterocycles. The van der Waals surface area contributed by atoms with Gasteiger partial charge in [0.15, 0.2) is 11.5 Å². The van der Waals surface area contributed by atoms with Gasteiger partial charge in [0, 0.05) is 18.0 Å². The van der Waals surface area contributed by atoms with E-state index >= 15 is 0 Å². The molecule has 1 heterocycles. The van der Waals surface area contributed by atoms with Crippen molar-refractivity contribution < 1.29 is 14.2 Å². The van der Waals surface area contributed by atoms with Gasteiger partial charge in [0.2, 0.25) is 0 Å². The molecule has 0 saturated heterocycles. The number of fused-ring (bicyclic) bond motifs is 1. The minimum atomic E-state index is -0.381. The monoisotopic (exact) mass is 269 g/mol. The zero-order chi connectivity index (χ0) is 12.8. The molecule has 1 aromatic carbocycles. The average Bonchev–Trinajstić information content (AvgIpc) is 3.11. The molecule has 1 saturated carbocycles. The molecule has 0 amide bonds. The summed E-state index contributed by atoms with van der Waals surface area (Å²) in [6, 6.07) is 1.75. The molecule has 2 N–H and O–H groups in total. The second kappa shape index (κ2) is 4.21. The molecule has 2 aliphatic rings. The number of ether oxygens (including phenoxy) is 3. The van der Waals surface area contributed by atoms with E-state index in [2.05, 4.69) is 0 Å². The Balaban J connectivity index is 2.21. The highest BCUT2D eigenvalue weighted by Gasteiger charge is 2.46. The van der Waals surface area contributed by atoms with E-state index in [4.69, 9.17) is 31.5 Å². The van der Waals surface area contributed by atoms with Gasteiger partial charge in [-0.05, 0) is 12.8 Å². The van der Waals surface area contributed by atoms with Crippen LogP contribution in [0, 0.1) is 0 Å². The van der Waals surface area contributed by atoms with Crippen molar-refractivity contribution in [1.82, 2.24) is 0 Å². The van der Waals surface area contributed by atoms with E-state index in [1.54, 1.807) is 13.2 Å². The topological polar surface area (TPSA) is 53.7 Å². The molecule has 1 aliphatic carbocycles. The molecule has 0 radical (unpaired) electrons. The molecular formula is C13H16ClNO3. The summed E-state index contributed by atoms with van der Waals surface area (Å²) in [5.74, 6) is 1.99. The number of hydrogen-bond donors (Lipinski definition) is 1. The van der Waals surface area contributed by atoms with Crippen LogP contribution in [0.5, 0.6) is 17.2 Å². The summed E-state index contributed by atoms with van der Waals surface area (Å²) < 4.78 is 16.9. The van der Waals surface area contributed by atoms with E-state index in [-0.39, 0.29) is 5.54 Å². The first kappa shape index (κ1) is 11.9. The summed E-state index contributed by atoms with van der Waals surface area (Å²) in [6.07, 6.45) is 2.69. The van der Waals surface area contributed by atoms with Gasteiger partial charge >= 0.3 is 0 Å². The van der Waals surface area contributed by atoms with Crippen LogP contribution in [0.25, 0.3) is 0 Å². The van der Waals surface area contributed by atoms with Crippen molar-refractivity contribution in [1.29, 1.82) is 0 Å². The average molecular weight is 270 g/mol. The quantitative estimate of drug-likeness (QED) is 0.896. The molecule has 18 heavy (non-hydrogen) atoms. The standard InChI is InChI=1S/C13H16ClNO3/c1-16-11-8(14)7-9-12(18-6-2-5-17-9)10(11)13(15)3-4-13/h7H,2-6,15H2,1H3. The Kier molecular flexibility index (Phi) is 2.79. The van der Waals surface area contributed by atoms with Crippen molar-refractivity contribution in [2.75, 3.05) is 20.3 Å². The van der Waals surface area contributed by atoms with Crippen LogP contribution in [0.1, 0.15) is 24.8 Å². The second-order valence-electron chi connectivity index (χ2n) is 4.80. The van der Waals surface area contributed by atoms with E-state index in [1.165, 1.54) is 0 Å². The Morgan fingerprint density at radius 2 is 2.06 bits per heavy atom. The minimum Gasteiger partial charge on any atom is -0.495 e. The fourth-order valence-electron chi connectivity index (χ4n) is 2.29. The third-order valence-corrected chi connectivity index (χ3v) is 3.72. The Morgan fingerprint density at radius 1 is 1.33 bits per heavy atom. The van der Waals surface area contributed by atoms with Crippen molar-refractivity contribution in [3.05, 3.63) is 16.7 Å².